The van der Waals surface area contributed by atoms with Crippen molar-refractivity contribution in [1.29, 1.82) is 0 Å². The largest absolute Gasteiger partial charge is 0.393 e. The molecule has 1 aliphatic heterocycles. The topological polar surface area (TPSA) is 142 Å². The Kier molecular flexibility index (Phi) is 6.79. The van der Waals surface area contributed by atoms with Gasteiger partial charge in [-0.25, -0.2) is 18.6 Å². The molecule has 0 spiro atoms. The normalized spacial score (nSPS) is 18.5. The number of nitrogens with two attached hydrogens (primary N) is 1. The third kappa shape index (κ3) is 4.68. The van der Waals surface area contributed by atoms with E-state index < -0.39 is 17.3 Å². The molecule has 1 amide bonds. The van der Waals surface area contributed by atoms with Crippen LogP contribution in [0.1, 0.15) is 53.3 Å². The number of amides is 1. The molecule has 1 fully saturated rings. The number of hydrogen-bond acceptors (Lipinski definition) is 7. The second kappa shape index (κ2) is 10.8. The lowest BCUT2D eigenvalue weighted by Crippen LogP contribution is -2.26. The van der Waals surface area contributed by atoms with Crippen LogP contribution in [0.2, 0.25) is 0 Å². The molecule has 5 aromatic rings. The van der Waals surface area contributed by atoms with E-state index in [9.17, 15) is 14.7 Å². The van der Waals surface area contributed by atoms with Crippen LogP contribution < -0.4 is 16.6 Å². The average Bonchev–Trinajstić information content (AvgIpc) is 3.54. The molecule has 0 radical (unpaired) electrons. The third-order valence-electron chi connectivity index (χ3n) is 8.40. The summed E-state index contributed by atoms with van der Waals surface area (Å²) in [6.07, 6.45) is 4.00. The zero-order chi connectivity index (χ0) is 29.7. The molecule has 12 heteroatoms. The standard InChI is InChI=1S/C31H30FN7O4/c32-24-14-19(36-30(41)27-26-16-43-13-12-37(26)39(31(27)42)20-4-2-1-3-5-20)8-11-22(24)23-15-25(18-6-9-21(40)10-7-18)38-28(23)29(33)34-17-35-38/h1-5,8,11,14-15,17-18,21,40H,6-7,9-10,12-13,16H2,(H,36,41)(H2,33,34,35)/t18-,21-. The number of carbonyl (C=O) groups excluding carboxylic acids is 1. The van der Waals surface area contributed by atoms with E-state index in [0.29, 0.717) is 48.5 Å². The summed E-state index contributed by atoms with van der Waals surface area (Å²) in [5.74, 6) is -0.866. The van der Waals surface area contributed by atoms with Gasteiger partial charge in [-0.15, -0.1) is 0 Å². The number of para-hydroxylation sites is 1. The lowest BCUT2D eigenvalue weighted by molar-refractivity contribution is 0.0756. The summed E-state index contributed by atoms with van der Waals surface area (Å²) < 4.78 is 26.3. The van der Waals surface area contributed by atoms with E-state index in [-0.39, 0.29) is 41.3 Å². The van der Waals surface area contributed by atoms with E-state index in [1.165, 1.54) is 17.1 Å². The van der Waals surface area contributed by atoms with Crippen LogP contribution in [0.4, 0.5) is 15.9 Å². The van der Waals surface area contributed by atoms with Crippen LogP contribution >= 0.6 is 0 Å². The highest BCUT2D eigenvalue weighted by Crippen LogP contribution is 2.39. The molecule has 0 bridgehead atoms. The molecule has 220 valence electrons. The molecule has 1 aliphatic carbocycles. The Labute approximate surface area is 245 Å². The molecular formula is C31H30FN7O4. The van der Waals surface area contributed by atoms with Crippen molar-refractivity contribution < 1.29 is 19.0 Å². The number of nitrogen functional groups attached to an aromatic ring is 1. The van der Waals surface area contributed by atoms with Crippen molar-refractivity contribution in [2.24, 2.45) is 0 Å². The monoisotopic (exact) mass is 583 g/mol. The minimum atomic E-state index is -0.644. The smallest absolute Gasteiger partial charge is 0.284 e. The van der Waals surface area contributed by atoms with E-state index in [1.807, 2.05) is 24.3 Å². The second-order valence-electron chi connectivity index (χ2n) is 11.0. The van der Waals surface area contributed by atoms with Crippen molar-refractivity contribution in [3.05, 3.63) is 94.0 Å². The maximum absolute atomic E-state index is 15.8. The van der Waals surface area contributed by atoms with Gasteiger partial charge in [-0.2, -0.15) is 5.10 Å². The molecule has 2 aliphatic rings. The number of rotatable bonds is 5. The summed E-state index contributed by atoms with van der Waals surface area (Å²) in [6.45, 7) is 0.937. The number of anilines is 2. The quantitative estimate of drug-likeness (QED) is 0.285. The predicted octanol–water partition coefficient (Wildman–Crippen LogP) is 3.87. The van der Waals surface area contributed by atoms with Crippen molar-refractivity contribution in [3.8, 4) is 16.8 Å². The van der Waals surface area contributed by atoms with Gasteiger partial charge >= 0.3 is 0 Å². The average molecular weight is 584 g/mol. The van der Waals surface area contributed by atoms with Crippen molar-refractivity contribution in [2.45, 2.75) is 50.9 Å². The Hall–Kier alpha value is -4.81. The Morgan fingerprint density at radius 2 is 1.86 bits per heavy atom. The molecule has 11 nitrogen and oxygen atoms in total. The van der Waals surface area contributed by atoms with Gasteiger partial charge < -0.3 is 20.9 Å². The van der Waals surface area contributed by atoms with Gasteiger partial charge in [0.15, 0.2) is 5.82 Å². The third-order valence-corrected chi connectivity index (χ3v) is 8.40. The highest BCUT2D eigenvalue weighted by atomic mass is 19.1. The van der Waals surface area contributed by atoms with Gasteiger partial charge in [0.1, 0.15) is 23.2 Å². The van der Waals surface area contributed by atoms with Gasteiger partial charge in [0, 0.05) is 28.4 Å². The number of nitrogens with zero attached hydrogens (tertiary/aromatic N) is 5. The van der Waals surface area contributed by atoms with Crippen LogP contribution in [-0.2, 0) is 17.9 Å². The van der Waals surface area contributed by atoms with Crippen LogP contribution in [0.15, 0.2) is 65.7 Å². The zero-order valence-corrected chi connectivity index (χ0v) is 23.2. The minimum Gasteiger partial charge on any atom is -0.393 e. The first-order valence-corrected chi connectivity index (χ1v) is 14.3. The fraction of sp³-hybridized carbons (Fsp3) is 0.290. The Morgan fingerprint density at radius 3 is 2.63 bits per heavy atom. The van der Waals surface area contributed by atoms with E-state index in [4.69, 9.17) is 10.5 Å². The van der Waals surface area contributed by atoms with Crippen LogP contribution in [0.5, 0.6) is 0 Å². The Bertz CT molecular complexity index is 1910. The SMILES string of the molecule is Nc1ncnn2c1c(-c1ccc(NC(=O)c3c4n(n(-c5ccccc5)c3=O)CCOC4)cc1F)cc2[C@H]1CC[C@H](O)CC1. The first kappa shape index (κ1) is 27.0. The summed E-state index contributed by atoms with van der Waals surface area (Å²) in [6, 6.07) is 15.4. The summed E-state index contributed by atoms with van der Waals surface area (Å²) in [4.78, 5) is 31.1. The van der Waals surface area contributed by atoms with Crippen LogP contribution in [0, 0.1) is 5.82 Å². The van der Waals surface area contributed by atoms with Crippen LogP contribution in [-0.4, -0.2) is 47.7 Å². The van der Waals surface area contributed by atoms with E-state index in [1.54, 1.807) is 33.5 Å². The maximum Gasteiger partial charge on any atom is 0.284 e. The summed E-state index contributed by atoms with van der Waals surface area (Å²) in [5.41, 5.74) is 9.24. The van der Waals surface area contributed by atoms with Gasteiger partial charge in [0.05, 0.1) is 37.2 Å². The second-order valence-corrected chi connectivity index (χ2v) is 11.0. The molecular weight excluding hydrogens is 553 g/mol. The first-order valence-electron chi connectivity index (χ1n) is 14.3. The van der Waals surface area contributed by atoms with Crippen LogP contribution in [0.25, 0.3) is 22.3 Å². The van der Waals surface area contributed by atoms with Gasteiger partial charge in [0.2, 0.25) is 0 Å². The molecule has 2 aromatic carbocycles. The maximum atomic E-state index is 15.8. The highest BCUT2D eigenvalue weighted by molar-refractivity contribution is 6.05. The highest BCUT2D eigenvalue weighted by Gasteiger charge is 2.29. The lowest BCUT2D eigenvalue weighted by atomic mass is 9.85. The van der Waals surface area contributed by atoms with Crippen LogP contribution in [0.3, 0.4) is 0 Å². The Morgan fingerprint density at radius 1 is 1.07 bits per heavy atom. The van der Waals surface area contributed by atoms with Crippen molar-refractivity contribution in [2.75, 3.05) is 17.7 Å². The fourth-order valence-electron chi connectivity index (χ4n) is 6.31. The number of carbonyl (C=O) groups is 1. The van der Waals surface area contributed by atoms with Crippen molar-refractivity contribution in [1.82, 2.24) is 24.0 Å². The lowest BCUT2D eigenvalue weighted by Gasteiger charge is -2.24. The zero-order valence-electron chi connectivity index (χ0n) is 23.2. The van der Waals surface area contributed by atoms with E-state index >= 15 is 4.39 Å². The van der Waals surface area contributed by atoms with Gasteiger partial charge in [-0.3, -0.25) is 14.3 Å². The summed E-state index contributed by atoms with van der Waals surface area (Å²) in [7, 11) is 0. The number of hydrogen-bond donors (Lipinski definition) is 3. The predicted molar refractivity (Wildman–Crippen MR) is 158 cm³/mol. The van der Waals surface area contributed by atoms with Gasteiger partial charge in [-0.1, -0.05) is 18.2 Å². The molecule has 7 rings (SSSR count). The molecule has 0 atom stereocenters. The summed E-state index contributed by atoms with van der Waals surface area (Å²) >= 11 is 0. The number of ether oxygens (including phenoxy) is 1. The number of nitrogens with one attached hydrogen (secondary N) is 1. The molecule has 4 N–H and O–H groups in total. The van der Waals surface area contributed by atoms with Crippen molar-refractivity contribution >= 4 is 22.9 Å². The Balaban J connectivity index is 1.22. The molecule has 1 saturated carbocycles. The molecule has 3 aromatic heterocycles. The molecule has 0 unspecified atom stereocenters. The van der Waals surface area contributed by atoms with E-state index in [2.05, 4.69) is 15.4 Å². The number of aliphatic hydroxyl groups is 1. The van der Waals surface area contributed by atoms with Gasteiger partial charge in [-0.05, 0) is 62.1 Å². The number of halogens is 1. The number of aliphatic hydroxyl groups excluding tert-OH is 1. The van der Waals surface area contributed by atoms with Gasteiger partial charge in [0.25, 0.3) is 11.5 Å². The van der Waals surface area contributed by atoms with E-state index in [0.717, 1.165) is 18.5 Å². The molecule has 0 saturated heterocycles. The van der Waals surface area contributed by atoms with Crippen molar-refractivity contribution in [3.63, 3.8) is 0 Å². The summed E-state index contributed by atoms with van der Waals surface area (Å²) in [5, 5.41) is 17.1. The minimum absolute atomic E-state index is 0.0429. The fourth-order valence-corrected chi connectivity index (χ4v) is 6.31. The number of fused-ring (bicyclic) bond motifs is 2. The number of aromatic nitrogens is 5. The first-order chi connectivity index (χ1) is 20.9. The molecule has 43 heavy (non-hydrogen) atoms. The molecule has 4 heterocycles. The number of benzene rings is 2.